The monoisotopic (exact) mass is 562 g/mol. The van der Waals surface area contributed by atoms with Crippen LogP contribution in [0.4, 0.5) is 20.7 Å². The summed E-state index contributed by atoms with van der Waals surface area (Å²) in [6, 6.07) is 6.74. The maximum absolute atomic E-state index is 15.1. The van der Waals surface area contributed by atoms with E-state index in [9.17, 15) is 9.59 Å². The number of anilines is 2. The van der Waals surface area contributed by atoms with Crippen molar-refractivity contribution in [3.8, 4) is 0 Å². The van der Waals surface area contributed by atoms with Gasteiger partial charge in [0.1, 0.15) is 11.5 Å². The predicted octanol–water partition coefficient (Wildman–Crippen LogP) is 3.82. The zero-order valence-electron chi connectivity index (χ0n) is 21.4. The van der Waals surface area contributed by atoms with E-state index in [0.29, 0.717) is 31.0 Å². The fraction of sp³-hybridized carbons (Fsp3) is 0.259. The summed E-state index contributed by atoms with van der Waals surface area (Å²) in [6.45, 7) is 3.31. The maximum Gasteiger partial charge on any atom is 0.412 e. The summed E-state index contributed by atoms with van der Waals surface area (Å²) in [6.07, 6.45) is 7.97. The summed E-state index contributed by atoms with van der Waals surface area (Å²) in [4.78, 5) is 40.0. The van der Waals surface area contributed by atoms with E-state index in [1.165, 1.54) is 18.5 Å². The lowest BCUT2D eigenvalue weighted by molar-refractivity contribution is 0.0263. The molecular weight excluding hydrogens is 539 g/mol. The Morgan fingerprint density at radius 2 is 2.10 bits per heavy atom. The quantitative estimate of drug-likeness (QED) is 0.363. The summed E-state index contributed by atoms with van der Waals surface area (Å²) < 4.78 is 22.5. The molecule has 0 aliphatic carbocycles. The molecule has 5 heterocycles. The van der Waals surface area contributed by atoms with Crippen LogP contribution in [0.25, 0.3) is 0 Å². The third kappa shape index (κ3) is 4.93. The largest absolute Gasteiger partial charge is 0.436 e. The van der Waals surface area contributed by atoms with Gasteiger partial charge in [-0.2, -0.15) is 5.10 Å². The minimum atomic E-state index is -1.25. The van der Waals surface area contributed by atoms with Crippen molar-refractivity contribution in [1.82, 2.24) is 30.0 Å². The minimum Gasteiger partial charge on any atom is -0.436 e. The van der Waals surface area contributed by atoms with E-state index in [1.807, 2.05) is 29.9 Å². The van der Waals surface area contributed by atoms with Gasteiger partial charge < -0.3 is 15.0 Å². The third-order valence-electron chi connectivity index (χ3n) is 6.91. The van der Waals surface area contributed by atoms with Gasteiger partial charge in [0.25, 0.3) is 5.91 Å². The van der Waals surface area contributed by atoms with E-state index >= 15 is 4.39 Å². The Kier molecular flexibility index (Phi) is 6.54. The number of halogens is 2. The van der Waals surface area contributed by atoms with Gasteiger partial charge in [0.05, 0.1) is 53.6 Å². The van der Waals surface area contributed by atoms with Gasteiger partial charge in [-0.25, -0.2) is 14.2 Å². The molecule has 13 heteroatoms. The summed E-state index contributed by atoms with van der Waals surface area (Å²) in [5.74, 6) is -0.641. The van der Waals surface area contributed by atoms with Crippen molar-refractivity contribution in [1.29, 1.82) is 0 Å². The van der Waals surface area contributed by atoms with Crippen molar-refractivity contribution in [3.05, 3.63) is 94.2 Å². The molecule has 11 nitrogen and oxygen atoms in total. The highest BCUT2D eigenvalue weighted by molar-refractivity contribution is 6.31. The molecule has 2 amide bonds. The highest BCUT2D eigenvalue weighted by atomic mass is 35.5. The average Bonchev–Trinajstić information content (AvgIpc) is 3.56. The van der Waals surface area contributed by atoms with Gasteiger partial charge in [0.2, 0.25) is 0 Å². The number of amides is 2. The van der Waals surface area contributed by atoms with E-state index in [2.05, 4.69) is 30.7 Å². The summed E-state index contributed by atoms with van der Waals surface area (Å²) in [7, 11) is 0. The number of carbonyl (C=O) groups is 2. The molecule has 1 atom stereocenters. The van der Waals surface area contributed by atoms with Crippen molar-refractivity contribution in [2.45, 2.75) is 32.0 Å². The van der Waals surface area contributed by atoms with Crippen LogP contribution in [0.2, 0.25) is 5.02 Å². The number of nitrogens with zero attached hydrogens (tertiary/aromatic N) is 6. The van der Waals surface area contributed by atoms with Crippen LogP contribution in [0.3, 0.4) is 0 Å². The van der Waals surface area contributed by atoms with Crippen molar-refractivity contribution in [2.75, 3.05) is 23.3 Å². The van der Waals surface area contributed by atoms with Crippen LogP contribution >= 0.6 is 11.6 Å². The minimum absolute atomic E-state index is 0.0624. The molecule has 0 saturated carbocycles. The number of ether oxygens (including phenoxy) is 1. The number of benzene rings is 1. The normalized spacial score (nSPS) is 17.9. The highest BCUT2D eigenvalue weighted by Gasteiger charge is 2.50. The first kappa shape index (κ1) is 25.7. The number of fused-ring (bicyclic) bond motifs is 2. The van der Waals surface area contributed by atoms with Crippen LogP contribution in [-0.4, -0.2) is 49.8 Å². The first-order valence-electron chi connectivity index (χ1n) is 12.6. The molecule has 2 N–H and O–H groups in total. The predicted molar refractivity (Wildman–Crippen MR) is 144 cm³/mol. The molecule has 40 heavy (non-hydrogen) atoms. The summed E-state index contributed by atoms with van der Waals surface area (Å²) in [5.41, 5.74) is 2.14. The number of aromatic nitrogens is 5. The van der Waals surface area contributed by atoms with Crippen LogP contribution < -0.4 is 15.5 Å². The van der Waals surface area contributed by atoms with Crippen molar-refractivity contribution in [2.24, 2.45) is 0 Å². The molecule has 2 aliphatic rings. The maximum atomic E-state index is 15.1. The molecule has 2 aliphatic heterocycles. The second kappa shape index (κ2) is 10.2. The van der Waals surface area contributed by atoms with Gasteiger partial charge >= 0.3 is 6.09 Å². The first-order chi connectivity index (χ1) is 19.3. The van der Waals surface area contributed by atoms with E-state index in [4.69, 9.17) is 16.3 Å². The van der Waals surface area contributed by atoms with E-state index in [0.717, 1.165) is 16.8 Å². The molecule has 3 aromatic heterocycles. The van der Waals surface area contributed by atoms with Gasteiger partial charge in [-0.15, -0.1) is 0 Å². The van der Waals surface area contributed by atoms with Crippen molar-refractivity contribution < 1.29 is 18.7 Å². The van der Waals surface area contributed by atoms with Crippen LogP contribution in [-0.2, 0) is 23.4 Å². The SMILES string of the molecule is Cc1cnn(Cc2ccc(CNC(=O)c3cncc(N4CC[C@]5(C4)OC(=O)Nc4ccc(Cl)c(F)c45)n3)cn2)c1. The Bertz CT molecular complexity index is 1610. The second-order valence-corrected chi connectivity index (χ2v) is 10.2. The molecule has 1 fully saturated rings. The smallest absolute Gasteiger partial charge is 0.412 e. The molecule has 0 unspecified atom stereocenters. The standard InChI is InChI=1S/C27H24ClFN8O3/c1-16-8-33-37(13-16)14-18-3-2-17(9-31-18)10-32-25(38)21-11-30-12-22(34-21)36-7-6-27(15-36)23-20(35-26(39)40-27)5-4-19(28)24(23)29/h2-5,8-9,11-13H,6-7,10,14-15H2,1H3,(H,32,38)(H,35,39)/t27-/m1/s1. The second-order valence-electron chi connectivity index (χ2n) is 9.78. The first-order valence-corrected chi connectivity index (χ1v) is 12.9. The van der Waals surface area contributed by atoms with Crippen molar-refractivity contribution >= 4 is 35.1 Å². The van der Waals surface area contributed by atoms with Crippen LogP contribution in [0, 0.1) is 12.7 Å². The zero-order chi connectivity index (χ0) is 27.9. The highest BCUT2D eigenvalue weighted by Crippen LogP contribution is 2.46. The molecule has 1 saturated heterocycles. The zero-order valence-corrected chi connectivity index (χ0v) is 22.2. The van der Waals surface area contributed by atoms with E-state index in [1.54, 1.807) is 23.4 Å². The van der Waals surface area contributed by atoms with Gasteiger partial charge in [-0.05, 0) is 36.2 Å². The van der Waals surface area contributed by atoms with E-state index < -0.39 is 23.4 Å². The molecule has 1 aromatic carbocycles. The molecule has 204 valence electrons. The molecule has 0 bridgehead atoms. The Balaban J connectivity index is 1.12. The lowest BCUT2D eigenvalue weighted by Gasteiger charge is -2.35. The number of rotatable bonds is 6. The fourth-order valence-corrected chi connectivity index (χ4v) is 5.15. The lowest BCUT2D eigenvalue weighted by atomic mass is 9.89. The van der Waals surface area contributed by atoms with Gasteiger partial charge in [0.15, 0.2) is 11.4 Å². The lowest BCUT2D eigenvalue weighted by Crippen LogP contribution is -2.42. The topological polar surface area (TPSA) is 127 Å². The Morgan fingerprint density at radius 3 is 2.88 bits per heavy atom. The Hall–Kier alpha value is -4.58. The number of hydrogen-bond donors (Lipinski definition) is 2. The summed E-state index contributed by atoms with van der Waals surface area (Å²) in [5, 5.41) is 9.57. The van der Waals surface area contributed by atoms with Gasteiger partial charge in [-0.1, -0.05) is 17.7 Å². The van der Waals surface area contributed by atoms with Gasteiger partial charge in [0, 0.05) is 31.9 Å². The summed E-state index contributed by atoms with van der Waals surface area (Å²) >= 11 is 6.04. The van der Waals surface area contributed by atoms with Crippen LogP contribution in [0.15, 0.2) is 55.2 Å². The molecule has 4 aromatic rings. The number of carbonyl (C=O) groups excluding carboxylic acids is 2. The fourth-order valence-electron chi connectivity index (χ4n) is 4.99. The van der Waals surface area contributed by atoms with Crippen molar-refractivity contribution in [3.63, 3.8) is 0 Å². The Morgan fingerprint density at radius 1 is 1.23 bits per heavy atom. The number of pyridine rings is 1. The molecule has 1 spiro atoms. The number of aryl methyl sites for hydroxylation is 1. The number of nitrogens with one attached hydrogen (secondary N) is 2. The Labute approximate surface area is 233 Å². The van der Waals surface area contributed by atoms with Crippen LogP contribution in [0.1, 0.15) is 39.3 Å². The van der Waals surface area contributed by atoms with Crippen LogP contribution in [0.5, 0.6) is 0 Å². The number of hydrogen-bond acceptors (Lipinski definition) is 8. The van der Waals surface area contributed by atoms with E-state index in [-0.39, 0.29) is 29.4 Å². The molecule has 0 radical (unpaired) electrons. The molecule has 6 rings (SSSR count). The van der Waals surface area contributed by atoms with Gasteiger partial charge in [-0.3, -0.25) is 24.8 Å². The third-order valence-corrected chi connectivity index (χ3v) is 7.20. The average molecular weight is 563 g/mol. The molecular formula is C27H24ClFN8O3.